The molecule has 0 saturated heterocycles. The van der Waals surface area contributed by atoms with E-state index in [-0.39, 0.29) is 29.8 Å². The van der Waals surface area contributed by atoms with E-state index in [0.717, 1.165) is 19.1 Å². The van der Waals surface area contributed by atoms with Gasteiger partial charge in [-0.1, -0.05) is 12.1 Å². The van der Waals surface area contributed by atoms with Gasteiger partial charge in [-0.2, -0.15) is 0 Å². The van der Waals surface area contributed by atoms with Crippen LogP contribution >= 0.6 is 0 Å². The Labute approximate surface area is 142 Å². The Bertz CT molecular complexity index is 804. The average Bonchev–Trinajstić information content (AvgIpc) is 2.52. The molecule has 0 fully saturated rings. The Balaban J connectivity index is 2.10. The van der Waals surface area contributed by atoms with Crippen LogP contribution in [0.15, 0.2) is 36.4 Å². The van der Waals surface area contributed by atoms with Crippen molar-refractivity contribution >= 4 is 17.4 Å². The van der Waals surface area contributed by atoms with E-state index in [0.29, 0.717) is 5.56 Å². The van der Waals surface area contributed by atoms with Gasteiger partial charge in [0.1, 0.15) is 22.8 Å². The number of nitro groups is 1. The second kappa shape index (κ2) is 7.43. The highest BCUT2D eigenvalue weighted by molar-refractivity contribution is 6.01. The Hall–Kier alpha value is -3.42. The number of nitrogens with zero attached hydrogens (tertiary/aromatic N) is 1. The molecule has 8 heteroatoms. The number of Topliss-reactive ketones (excluding diaryl/α,β-unsaturated/α-hetero) is 1. The predicted octanol–water partition coefficient (Wildman–Crippen LogP) is 2.75. The summed E-state index contributed by atoms with van der Waals surface area (Å²) in [5.41, 5.74) is 0.388. The van der Waals surface area contributed by atoms with Gasteiger partial charge in [-0.25, -0.2) is 0 Å². The summed E-state index contributed by atoms with van der Waals surface area (Å²) in [7, 11) is 0. The number of carbonyl (C=O) groups excluding carboxylic acids is 2. The van der Waals surface area contributed by atoms with Gasteiger partial charge >= 0.3 is 5.97 Å². The fourth-order valence-electron chi connectivity index (χ4n) is 2.26. The molecule has 8 nitrogen and oxygen atoms in total. The SMILES string of the molecule is CC(=O)Oc1cc(O)c(C(=O)CCc2ccc([N+](=O)[O-])cc2)c(O)c1. The van der Waals surface area contributed by atoms with E-state index in [2.05, 4.69) is 0 Å². The minimum Gasteiger partial charge on any atom is -0.507 e. The zero-order valence-electron chi connectivity index (χ0n) is 13.3. The molecule has 0 aliphatic rings. The molecule has 0 aliphatic carbocycles. The quantitative estimate of drug-likeness (QED) is 0.271. The first-order chi connectivity index (χ1) is 11.8. The van der Waals surface area contributed by atoms with Crippen LogP contribution < -0.4 is 4.74 Å². The largest absolute Gasteiger partial charge is 0.507 e. The number of non-ortho nitro benzene ring substituents is 1. The standard InChI is InChI=1S/C17H15NO7/c1-10(19)25-13-8-15(21)17(16(22)9-13)14(20)7-4-11-2-5-12(6-3-11)18(23)24/h2-3,5-6,8-9,21-22H,4,7H2,1H3. The number of aromatic hydroxyl groups is 2. The Kier molecular flexibility index (Phi) is 5.33. The lowest BCUT2D eigenvalue weighted by atomic mass is 10.0. The maximum absolute atomic E-state index is 12.2. The first-order valence-electron chi connectivity index (χ1n) is 7.29. The minimum atomic E-state index is -0.629. The van der Waals surface area contributed by atoms with Gasteiger partial charge in [-0.3, -0.25) is 19.7 Å². The van der Waals surface area contributed by atoms with Crippen molar-refractivity contribution in [2.75, 3.05) is 0 Å². The molecular weight excluding hydrogens is 330 g/mol. The van der Waals surface area contributed by atoms with E-state index in [1.54, 1.807) is 0 Å². The smallest absolute Gasteiger partial charge is 0.308 e. The third-order valence-electron chi connectivity index (χ3n) is 3.40. The van der Waals surface area contributed by atoms with Crippen molar-refractivity contribution in [3.05, 3.63) is 57.6 Å². The van der Waals surface area contributed by atoms with Crippen LogP contribution in [0, 0.1) is 10.1 Å². The first kappa shape index (κ1) is 17.9. The Morgan fingerprint density at radius 1 is 1.12 bits per heavy atom. The lowest BCUT2D eigenvalue weighted by Crippen LogP contribution is -2.05. The second-order valence-corrected chi connectivity index (χ2v) is 5.28. The van der Waals surface area contributed by atoms with Gasteiger partial charge in [-0.05, 0) is 12.0 Å². The summed E-state index contributed by atoms with van der Waals surface area (Å²) in [6, 6.07) is 7.88. The van der Waals surface area contributed by atoms with Crippen LogP contribution in [0.5, 0.6) is 17.2 Å². The number of ketones is 1. The zero-order chi connectivity index (χ0) is 18.6. The molecule has 0 unspecified atom stereocenters. The van der Waals surface area contributed by atoms with Gasteiger partial charge in [0, 0.05) is 37.6 Å². The molecule has 0 spiro atoms. The molecule has 130 valence electrons. The van der Waals surface area contributed by atoms with E-state index in [1.165, 1.54) is 24.3 Å². The van der Waals surface area contributed by atoms with Gasteiger partial charge in [0.2, 0.25) is 0 Å². The summed E-state index contributed by atoms with van der Waals surface area (Å²) < 4.78 is 4.75. The summed E-state index contributed by atoms with van der Waals surface area (Å²) in [6.45, 7) is 1.16. The van der Waals surface area contributed by atoms with E-state index < -0.39 is 28.2 Å². The molecule has 2 aromatic carbocycles. The van der Waals surface area contributed by atoms with Gasteiger partial charge in [0.25, 0.3) is 5.69 Å². The van der Waals surface area contributed by atoms with Crippen molar-refractivity contribution in [3.8, 4) is 17.2 Å². The van der Waals surface area contributed by atoms with Crippen molar-refractivity contribution in [1.82, 2.24) is 0 Å². The van der Waals surface area contributed by atoms with Crippen molar-refractivity contribution < 1.29 is 29.5 Å². The number of aryl methyl sites for hydroxylation is 1. The fraction of sp³-hybridized carbons (Fsp3) is 0.176. The van der Waals surface area contributed by atoms with E-state index in [9.17, 15) is 29.9 Å². The number of carbonyl (C=O) groups is 2. The van der Waals surface area contributed by atoms with Gasteiger partial charge in [-0.15, -0.1) is 0 Å². The molecule has 0 radical (unpaired) electrons. The van der Waals surface area contributed by atoms with Crippen molar-refractivity contribution in [2.45, 2.75) is 19.8 Å². The maximum Gasteiger partial charge on any atom is 0.308 e. The fourth-order valence-corrected chi connectivity index (χ4v) is 2.26. The third-order valence-corrected chi connectivity index (χ3v) is 3.40. The average molecular weight is 345 g/mol. The summed E-state index contributed by atoms with van der Waals surface area (Å²) >= 11 is 0. The number of benzene rings is 2. The lowest BCUT2D eigenvalue weighted by molar-refractivity contribution is -0.384. The molecule has 25 heavy (non-hydrogen) atoms. The molecule has 2 aromatic rings. The minimum absolute atomic E-state index is 0.0220. The first-order valence-corrected chi connectivity index (χ1v) is 7.29. The van der Waals surface area contributed by atoms with Crippen LogP contribution in [-0.2, 0) is 11.2 Å². The molecule has 0 heterocycles. The number of hydrogen-bond acceptors (Lipinski definition) is 7. The zero-order valence-corrected chi connectivity index (χ0v) is 13.3. The number of hydrogen-bond donors (Lipinski definition) is 2. The van der Waals surface area contributed by atoms with Crippen molar-refractivity contribution in [3.63, 3.8) is 0 Å². The van der Waals surface area contributed by atoms with Crippen molar-refractivity contribution in [2.24, 2.45) is 0 Å². The number of ether oxygens (including phenoxy) is 1. The number of rotatable bonds is 6. The van der Waals surface area contributed by atoms with Gasteiger partial charge in [0.05, 0.1) is 4.92 Å². The van der Waals surface area contributed by atoms with Crippen LogP contribution in [0.4, 0.5) is 5.69 Å². The Morgan fingerprint density at radius 3 is 2.16 bits per heavy atom. The van der Waals surface area contributed by atoms with Crippen LogP contribution in [0.1, 0.15) is 29.3 Å². The highest BCUT2D eigenvalue weighted by atomic mass is 16.6. The van der Waals surface area contributed by atoms with Crippen LogP contribution in [0.2, 0.25) is 0 Å². The van der Waals surface area contributed by atoms with Crippen LogP contribution in [-0.4, -0.2) is 26.9 Å². The molecule has 2 rings (SSSR count). The Morgan fingerprint density at radius 2 is 1.68 bits per heavy atom. The number of nitro benzene ring substituents is 1. The second-order valence-electron chi connectivity index (χ2n) is 5.28. The van der Waals surface area contributed by atoms with E-state index >= 15 is 0 Å². The highest BCUT2D eigenvalue weighted by Gasteiger charge is 2.19. The topological polar surface area (TPSA) is 127 Å². The van der Waals surface area contributed by atoms with Crippen molar-refractivity contribution in [1.29, 1.82) is 0 Å². The normalized spacial score (nSPS) is 10.3. The monoisotopic (exact) mass is 345 g/mol. The molecule has 2 N–H and O–H groups in total. The summed E-state index contributed by atoms with van der Waals surface area (Å²) in [5.74, 6) is -2.21. The van der Waals surface area contributed by atoms with Gasteiger partial charge < -0.3 is 14.9 Å². The molecule has 0 atom stereocenters. The summed E-state index contributed by atoms with van der Waals surface area (Å²) in [5, 5.41) is 30.4. The number of phenolic OH excluding ortho intramolecular Hbond substituents is 2. The number of esters is 1. The van der Waals surface area contributed by atoms with E-state index in [4.69, 9.17) is 4.74 Å². The molecule has 0 amide bonds. The molecular formula is C17H15NO7. The molecule has 0 bridgehead atoms. The lowest BCUT2D eigenvalue weighted by Gasteiger charge is -2.09. The highest BCUT2D eigenvalue weighted by Crippen LogP contribution is 2.33. The molecule has 0 saturated carbocycles. The predicted molar refractivity (Wildman–Crippen MR) is 86.8 cm³/mol. The van der Waals surface area contributed by atoms with Gasteiger partial charge in [0.15, 0.2) is 5.78 Å². The summed E-state index contributed by atoms with van der Waals surface area (Å²) in [4.78, 5) is 33.2. The summed E-state index contributed by atoms with van der Waals surface area (Å²) in [6.07, 6.45) is 0.257. The molecule has 0 aromatic heterocycles. The third kappa shape index (κ3) is 4.54. The van der Waals surface area contributed by atoms with Crippen LogP contribution in [0.25, 0.3) is 0 Å². The van der Waals surface area contributed by atoms with E-state index in [1.807, 2.05) is 0 Å². The maximum atomic E-state index is 12.2. The number of phenols is 2. The molecule has 0 aliphatic heterocycles. The van der Waals surface area contributed by atoms with Crippen LogP contribution in [0.3, 0.4) is 0 Å².